The zero-order valence-electron chi connectivity index (χ0n) is 14.0. The number of amides is 1. The SMILES string of the molecule is CCC1NC(C2CCCC2)N(C2CC(C)CC(C)C2)C1=O. The van der Waals surface area contributed by atoms with Crippen LogP contribution in [0.3, 0.4) is 0 Å². The molecule has 4 unspecified atom stereocenters. The van der Waals surface area contributed by atoms with E-state index in [1.807, 2.05) is 0 Å². The van der Waals surface area contributed by atoms with E-state index >= 15 is 0 Å². The third kappa shape index (κ3) is 2.99. The van der Waals surface area contributed by atoms with Gasteiger partial charge in [0, 0.05) is 6.04 Å². The van der Waals surface area contributed by atoms with Gasteiger partial charge in [0.15, 0.2) is 0 Å². The first kappa shape index (κ1) is 15.3. The number of nitrogens with one attached hydrogen (secondary N) is 1. The predicted molar refractivity (Wildman–Crippen MR) is 85.8 cm³/mol. The molecule has 21 heavy (non-hydrogen) atoms. The van der Waals surface area contributed by atoms with Crippen LogP contribution in [0.2, 0.25) is 0 Å². The Morgan fingerprint density at radius 2 is 1.71 bits per heavy atom. The fraction of sp³-hybridized carbons (Fsp3) is 0.944. The molecule has 0 bridgehead atoms. The largest absolute Gasteiger partial charge is 0.323 e. The highest BCUT2D eigenvalue weighted by atomic mass is 16.2. The summed E-state index contributed by atoms with van der Waals surface area (Å²) in [6, 6.07) is 0.550. The van der Waals surface area contributed by atoms with Gasteiger partial charge in [-0.1, -0.05) is 33.6 Å². The normalized spacial score (nSPS) is 42.0. The molecule has 2 saturated carbocycles. The average molecular weight is 292 g/mol. The maximum absolute atomic E-state index is 12.9. The minimum absolute atomic E-state index is 0.0724. The number of rotatable bonds is 3. The molecule has 0 radical (unpaired) electrons. The summed E-state index contributed by atoms with van der Waals surface area (Å²) in [5, 5.41) is 3.69. The van der Waals surface area contributed by atoms with E-state index in [0.29, 0.717) is 24.0 Å². The van der Waals surface area contributed by atoms with Crippen LogP contribution < -0.4 is 5.32 Å². The summed E-state index contributed by atoms with van der Waals surface area (Å²) < 4.78 is 0. The molecular weight excluding hydrogens is 260 g/mol. The van der Waals surface area contributed by atoms with Crippen molar-refractivity contribution in [1.29, 1.82) is 0 Å². The van der Waals surface area contributed by atoms with Gasteiger partial charge in [0.25, 0.3) is 0 Å². The van der Waals surface area contributed by atoms with Gasteiger partial charge in [-0.25, -0.2) is 0 Å². The van der Waals surface area contributed by atoms with Crippen LogP contribution in [-0.2, 0) is 4.79 Å². The van der Waals surface area contributed by atoms with Crippen LogP contribution in [0.1, 0.15) is 72.1 Å². The number of carbonyl (C=O) groups excluding carboxylic acids is 1. The monoisotopic (exact) mass is 292 g/mol. The van der Waals surface area contributed by atoms with Gasteiger partial charge >= 0.3 is 0 Å². The Morgan fingerprint density at radius 1 is 1.10 bits per heavy atom. The molecule has 1 amide bonds. The molecule has 1 saturated heterocycles. The molecule has 0 aromatic rings. The molecule has 3 heteroatoms. The maximum Gasteiger partial charge on any atom is 0.241 e. The lowest BCUT2D eigenvalue weighted by Crippen LogP contribution is -2.50. The van der Waals surface area contributed by atoms with E-state index in [1.54, 1.807) is 0 Å². The standard InChI is InChI=1S/C18H32N2O/c1-4-16-18(21)20(15-10-12(2)9-13(3)11-15)17(19-16)14-7-5-6-8-14/h12-17,19H,4-11H2,1-3H3. The van der Waals surface area contributed by atoms with Gasteiger partial charge in [-0.05, 0) is 56.3 Å². The summed E-state index contributed by atoms with van der Waals surface area (Å²) in [7, 11) is 0. The molecule has 3 nitrogen and oxygen atoms in total. The molecule has 3 rings (SSSR count). The minimum atomic E-state index is 0.0724. The fourth-order valence-electron chi connectivity index (χ4n) is 5.14. The van der Waals surface area contributed by atoms with Crippen molar-refractivity contribution >= 4 is 5.91 Å². The molecule has 0 aromatic carbocycles. The van der Waals surface area contributed by atoms with Crippen LogP contribution in [0.5, 0.6) is 0 Å². The maximum atomic E-state index is 12.9. The Morgan fingerprint density at radius 3 is 2.29 bits per heavy atom. The van der Waals surface area contributed by atoms with E-state index in [1.165, 1.54) is 44.9 Å². The van der Waals surface area contributed by atoms with E-state index in [9.17, 15) is 4.79 Å². The average Bonchev–Trinajstić information content (AvgIpc) is 3.04. The van der Waals surface area contributed by atoms with Crippen molar-refractivity contribution in [3.05, 3.63) is 0 Å². The highest BCUT2D eigenvalue weighted by Crippen LogP contribution is 2.38. The first-order chi connectivity index (χ1) is 10.1. The van der Waals surface area contributed by atoms with E-state index < -0.39 is 0 Å². The van der Waals surface area contributed by atoms with Gasteiger partial charge in [-0.15, -0.1) is 0 Å². The Bertz CT molecular complexity index is 367. The molecule has 1 N–H and O–H groups in total. The van der Waals surface area contributed by atoms with Crippen molar-refractivity contribution in [3.63, 3.8) is 0 Å². The van der Waals surface area contributed by atoms with Crippen LogP contribution in [0.25, 0.3) is 0 Å². The lowest BCUT2D eigenvalue weighted by molar-refractivity contribution is -0.134. The quantitative estimate of drug-likeness (QED) is 0.863. The van der Waals surface area contributed by atoms with Crippen LogP contribution in [0, 0.1) is 17.8 Å². The van der Waals surface area contributed by atoms with Gasteiger partial charge in [0.2, 0.25) is 5.91 Å². The zero-order chi connectivity index (χ0) is 15.0. The third-order valence-electron chi connectivity index (χ3n) is 6.03. The second kappa shape index (κ2) is 6.28. The Hall–Kier alpha value is -0.570. The first-order valence-electron chi connectivity index (χ1n) is 9.18. The van der Waals surface area contributed by atoms with Crippen molar-refractivity contribution in [2.75, 3.05) is 0 Å². The van der Waals surface area contributed by atoms with Crippen LogP contribution in [-0.4, -0.2) is 29.1 Å². The van der Waals surface area contributed by atoms with Crippen molar-refractivity contribution in [2.45, 2.75) is 90.4 Å². The molecular formula is C18H32N2O. The summed E-state index contributed by atoms with van der Waals surface area (Å²) in [4.78, 5) is 15.2. The lowest BCUT2D eigenvalue weighted by Gasteiger charge is -2.41. The molecule has 120 valence electrons. The first-order valence-corrected chi connectivity index (χ1v) is 9.18. The van der Waals surface area contributed by atoms with Crippen molar-refractivity contribution in [3.8, 4) is 0 Å². The summed E-state index contributed by atoms with van der Waals surface area (Å²) in [6.07, 6.45) is 10.3. The van der Waals surface area contributed by atoms with E-state index in [0.717, 1.165) is 18.3 Å². The van der Waals surface area contributed by atoms with Crippen LogP contribution >= 0.6 is 0 Å². The second-order valence-electron chi connectivity index (χ2n) is 7.93. The number of hydrogen-bond donors (Lipinski definition) is 1. The van der Waals surface area contributed by atoms with Gasteiger partial charge in [0.05, 0.1) is 12.2 Å². The minimum Gasteiger partial charge on any atom is -0.323 e. The molecule has 0 spiro atoms. The van der Waals surface area contributed by atoms with Gasteiger partial charge < -0.3 is 4.90 Å². The summed E-state index contributed by atoms with van der Waals surface area (Å²) in [6.45, 7) is 6.86. The van der Waals surface area contributed by atoms with Gasteiger partial charge in [-0.2, -0.15) is 0 Å². The summed E-state index contributed by atoms with van der Waals surface area (Å²) >= 11 is 0. The number of nitrogens with zero attached hydrogens (tertiary/aromatic N) is 1. The van der Waals surface area contributed by atoms with Crippen molar-refractivity contribution < 1.29 is 4.79 Å². The summed E-state index contributed by atoms with van der Waals surface area (Å²) in [5.41, 5.74) is 0. The molecule has 1 aliphatic heterocycles. The Balaban J connectivity index is 1.79. The zero-order valence-corrected chi connectivity index (χ0v) is 14.0. The fourth-order valence-corrected chi connectivity index (χ4v) is 5.14. The number of hydrogen-bond acceptors (Lipinski definition) is 2. The van der Waals surface area contributed by atoms with Crippen molar-refractivity contribution in [2.24, 2.45) is 17.8 Å². The van der Waals surface area contributed by atoms with Gasteiger partial charge in [0.1, 0.15) is 0 Å². The summed E-state index contributed by atoms with van der Waals surface area (Å²) in [5.74, 6) is 2.60. The Labute approximate surface area is 129 Å². The van der Waals surface area contributed by atoms with Crippen LogP contribution in [0.15, 0.2) is 0 Å². The molecule has 3 fully saturated rings. The molecule has 2 aliphatic carbocycles. The van der Waals surface area contributed by atoms with Crippen molar-refractivity contribution in [1.82, 2.24) is 10.2 Å². The smallest absolute Gasteiger partial charge is 0.241 e. The van der Waals surface area contributed by atoms with E-state index in [2.05, 4.69) is 31.0 Å². The topological polar surface area (TPSA) is 32.3 Å². The highest BCUT2D eigenvalue weighted by Gasteiger charge is 2.46. The molecule has 3 aliphatic rings. The molecule has 0 aromatic heterocycles. The van der Waals surface area contributed by atoms with Gasteiger partial charge in [-0.3, -0.25) is 10.1 Å². The molecule has 4 atom stereocenters. The highest BCUT2D eigenvalue weighted by molar-refractivity contribution is 5.84. The number of carbonyl (C=O) groups is 1. The predicted octanol–water partition coefficient (Wildman–Crippen LogP) is 3.54. The third-order valence-corrected chi connectivity index (χ3v) is 6.03. The molecule has 1 heterocycles. The van der Waals surface area contributed by atoms with E-state index in [4.69, 9.17) is 0 Å². The lowest BCUT2D eigenvalue weighted by atomic mass is 9.79. The Kier molecular flexibility index (Phi) is 4.58. The second-order valence-corrected chi connectivity index (χ2v) is 7.93. The van der Waals surface area contributed by atoms with E-state index in [-0.39, 0.29) is 6.04 Å². The van der Waals surface area contributed by atoms with Crippen LogP contribution in [0.4, 0.5) is 0 Å².